The molecule has 9 nitrogen and oxygen atoms in total. The number of nitrogens with one attached hydrogen (secondary N) is 2. The Labute approximate surface area is 177 Å². The summed E-state index contributed by atoms with van der Waals surface area (Å²) in [6.45, 7) is 7.79. The van der Waals surface area contributed by atoms with Gasteiger partial charge in [-0.1, -0.05) is 0 Å². The molecule has 0 aromatic carbocycles. The maximum Gasteiger partial charge on any atom is 0.241 e. The van der Waals surface area contributed by atoms with E-state index >= 15 is 0 Å². The lowest BCUT2D eigenvalue weighted by atomic mass is 9.74. The van der Waals surface area contributed by atoms with Gasteiger partial charge in [0.15, 0.2) is 0 Å². The Morgan fingerprint density at radius 2 is 1.93 bits per heavy atom. The van der Waals surface area contributed by atoms with E-state index in [9.17, 15) is 9.59 Å². The quantitative estimate of drug-likeness (QED) is 0.721. The molecular weight excluding hydrogens is 382 g/mol. The zero-order valence-corrected chi connectivity index (χ0v) is 17.8. The number of likely N-dealkylation sites (tertiary alicyclic amines) is 2. The maximum atomic E-state index is 13.3. The van der Waals surface area contributed by atoms with Gasteiger partial charge in [-0.05, 0) is 39.2 Å². The third kappa shape index (κ3) is 2.98. The molecule has 4 saturated heterocycles. The summed E-state index contributed by atoms with van der Waals surface area (Å²) in [4.78, 5) is 41.3. The number of piperidine rings is 1. The van der Waals surface area contributed by atoms with Gasteiger partial charge in [0.25, 0.3) is 0 Å². The highest BCUT2D eigenvalue weighted by atomic mass is 16.2. The van der Waals surface area contributed by atoms with Gasteiger partial charge in [-0.25, -0.2) is 15.4 Å². The molecule has 1 aromatic rings. The number of hydrazine groups is 1. The van der Waals surface area contributed by atoms with Crippen LogP contribution in [0.15, 0.2) is 18.5 Å². The number of rotatable bonds is 3. The molecule has 2 amide bonds. The second-order valence-electron chi connectivity index (χ2n) is 9.16. The van der Waals surface area contributed by atoms with E-state index in [1.807, 2.05) is 11.0 Å². The van der Waals surface area contributed by atoms with Crippen molar-refractivity contribution in [1.29, 1.82) is 0 Å². The van der Waals surface area contributed by atoms with E-state index in [0.29, 0.717) is 31.6 Å². The van der Waals surface area contributed by atoms with Gasteiger partial charge in [0.1, 0.15) is 6.04 Å². The Morgan fingerprint density at radius 1 is 1.20 bits per heavy atom. The van der Waals surface area contributed by atoms with E-state index in [-0.39, 0.29) is 35.2 Å². The molecule has 30 heavy (non-hydrogen) atoms. The zero-order chi connectivity index (χ0) is 20.9. The summed E-state index contributed by atoms with van der Waals surface area (Å²) >= 11 is 0. The maximum absolute atomic E-state index is 13.3. The first kappa shape index (κ1) is 19.7. The van der Waals surface area contributed by atoms with Crippen LogP contribution in [0.3, 0.4) is 0 Å². The van der Waals surface area contributed by atoms with E-state index in [1.54, 1.807) is 12.4 Å². The number of carbonyl (C=O) groups excluding carboxylic acids is 2. The molecule has 2 unspecified atom stereocenters. The molecule has 2 N–H and O–H groups in total. The van der Waals surface area contributed by atoms with E-state index in [1.165, 1.54) is 0 Å². The molecule has 0 saturated carbocycles. The minimum absolute atomic E-state index is 0.00226. The van der Waals surface area contributed by atoms with Crippen LogP contribution in [-0.2, 0) is 9.59 Å². The lowest BCUT2D eigenvalue weighted by molar-refractivity contribution is -0.138. The average Bonchev–Trinajstić information content (AvgIpc) is 3.46. The van der Waals surface area contributed by atoms with E-state index in [2.05, 4.69) is 44.5 Å². The van der Waals surface area contributed by atoms with Crippen molar-refractivity contribution in [3.05, 3.63) is 18.5 Å². The summed E-state index contributed by atoms with van der Waals surface area (Å²) in [5, 5.41) is 0. The van der Waals surface area contributed by atoms with E-state index in [4.69, 9.17) is 0 Å². The Kier molecular flexibility index (Phi) is 4.89. The summed E-state index contributed by atoms with van der Waals surface area (Å²) in [6, 6.07) is 1.98. The van der Waals surface area contributed by atoms with Crippen LogP contribution in [0.4, 0.5) is 5.95 Å². The highest BCUT2D eigenvalue weighted by molar-refractivity contribution is 5.85. The molecule has 0 aliphatic carbocycles. The Hall–Kier alpha value is -2.26. The first-order valence-corrected chi connectivity index (χ1v) is 11.2. The minimum Gasteiger partial charge on any atom is -0.341 e. The van der Waals surface area contributed by atoms with E-state index < -0.39 is 0 Å². The standard InChI is InChI=1S/C21H31N7O2/c1-3-28-18(29)15-12-27(20-22-7-4-8-23-20)13-16(15)21(28)5-9-26(10-6-21)19(30)17-11-14(2)24-25-17/h4,7-8,14-17,24-25H,3,5-6,9-13H2,1-2H3/t14?,15-,16+,17?/m0/s1. The highest BCUT2D eigenvalue weighted by Crippen LogP contribution is 2.50. The van der Waals surface area contributed by atoms with Crippen LogP contribution in [0.2, 0.25) is 0 Å². The fraction of sp³-hybridized carbons (Fsp3) is 0.714. The summed E-state index contributed by atoms with van der Waals surface area (Å²) in [6.07, 6.45) is 6.01. The van der Waals surface area contributed by atoms with Crippen LogP contribution in [0.5, 0.6) is 0 Å². The summed E-state index contributed by atoms with van der Waals surface area (Å²) in [5.74, 6) is 1.40. The number of amides is 2. The van der Waals surface area contributed by atoms with Crippen molar-refractivity contribution < 1.29 is 9.59 Å². The van der Waals surface area contributed by atoms with Crippen LogP contribution in [0.25, 0.3) is 0 Å². The van der Waals surface area contributed by atoms with Crippen molar-refractivity contribution in [3.8, 4) is 0 Å². The summed E-state index contributed by atoms with van der Waals surface area (Å²) in [5.41, 5.74) is 6.11. The van der Waals surface area contributed by atoms with Gasteiger partial charge < -0.3 is 14.7 Å². The van der Waals surface area contributed by atoms with Crippen LogP contribution in [-0.4, -0.2) is 81.9 Å². The zero-order valence-electron chi connectivity index (χ0n) is 17.8. The molecule has 4 atom stereocenters. The van der Waals surface area contributed by atoms with Gasteiger partial charge in [-0.3, -0.25) is 15.0 Å². The molecule has 0 radical (unpaired) electrons. The number of fused-ring (bicyclic) bond motifs is 2. The fourth-order valence-corrected chi connectivity index (χ4v) is 6.16. The fourth-order valence-electron chi connectivity index (χ4n) is 6.16. The second-order valence-corrected chi connectivity index (χ2v) is 9.16. The Bertz CT molecular complexity index is 811. The molecule has 1 aromatic heterocycles. The summed E-state index contributed by atoms with van der Waals surface area (Å²) in [7, 11) is 0. The predicted molar refractivity (Wildman–Crippen MR) is 111 cm³/mol. The van der Waals surface area contributed by atoms with Gasteiger partial charge >= 0.3 is 0 Å². The molecule has 5 heterocycles. The normalized spacial score (nSPS) is 32.9. The van der Waals surface area contributed by atoms with Crippen molar-refractivity contribution in [1.82, 2.24) is 30.6 Å². The van der Waals surface area contributed by atoms with Crippen LogP contribution < -0.4 is 15.8 Å². The van der Waals surface area contributed by atoms with Gasteiger partial charge in [-0.15, -0.1) is 0 Å². The van der Waals surface area contributed by atoms with Crippen molar-refractivity contribution in [2.24, 2.45) is 11.8 Å². The number of hydrogen-bond acceptors (Lipinski definition) is 7. The van der Waals surface area contributed by atoms with Crippen molar-refractivity contribution in [3.63, 3.8) is 0 Å². The number of nitrogens with zero attached hydrogens (tertiary/aromatic N) is 5. The van der Waals surface area contributed by atoms with Gasteiger partial charge in [0, 0.05) is 57.1 Å². The van der Waals surface area contributed by atoms with E-state index in [0.717, 1.165) is 32.4 Å². The minimum atomic E-state index is -0.161. The molecule has 4 fully saturated rings. The highest BCUT2D eigenvalue weighted by Gasteiger charge is 2.61. The number of anilines is 1. The van der Waals surface area contributed by atoms with Crippen molar-refractivity contribution in [2.75, 3.05) is 37.6 Å². The van der Waals surface area contributed by atoms with Crippen LogP contribution in [0, 0.1) is 11.8 Å². The predicted octanol–water partition coefficient (Wildman–Crippen LogP) is 0.00730. The van der Waals surface area contributed by atoms with Gasteiger partial charge in [0.2, 0.25) is 17.8 Å². The van der Waals surface area contributed by atoms with Crippen molar-refractivity contribution in [2.45, 2.75) is 50.7 Å². The molecule has 0 bridgehead atoms. The average molecular weight is 414 g/mol. The van der Waals surface area contributed by atoms with Gasteiger partial charge in [0.05, 0.1) is 11.5 Å². The van der Waals surface area contributed by atoms with Crippen LogP contribution >= 0.6 is 0 Å². The number of carbonyl (C=O) groups is 2. The SMILES string of the molecule is CCN1C(=O)[C@H]2CN(c3ncccn3)C[C@H]2C12CCN(C(=O)C1CC(C)NN1)CC2. The molecule has 162 valence electrons. The molecule has 5 rings (SSSR count). The first-order valence-electron chi connectivity index (χ1n) is 11.2. The monoisotopic (exact) mass is 413 g/mol. The second kappa shape index (κ2) is 7.46. The Morgan fingerprint density at radius 3 is 2.57 bits per heavy atom. The topological polar surface area (TPSA) is 93.7 Å². The lowest BCUT2D eigenvalue weighted by Crippen LogP contribution is -2.59. The molecule has 4 aliphatic heterocycles. The smallest absolute Gasteiger partial charge is 0.241 e. The number of hydrogen-bond donors (Lipinski definition) is 2. The van der Waals surface area contributed by atoms with Crippen LogP contribution in [0.1, 0.15) is 33.1 Å². The molecule has 9 heteroatoms. The Balaban J connectivity index is 1.33. The largest absolute Gasteiger partial charge is 0.341 e. The first-order chi connectivity index (χ1) is 14.5. The van der Waals surface area contributed by atoms with Gasteiger partial charge in [-0.2, -0.15) is 0 Å². The third-order valence-electron chi connectivity index (χ3n) is 7.61. The molecular formula is C21H31N7O2. The molecule has 1 spiro atoms. The lowest BCUT2D eigenvalue weighted by Gasteiger charge is -2.48. The van der Waals surface area contributed by atoms with Crippen molar-refractivity contribution >= 4 is 17.8 Å². The molecule has 4 aliphatic rings. The summed E-state index contributed by atoms with van der Waals surface area (Å²) < 4.78 is 0. The number of aromatic nitrogens is 2. The third-order valence-corrected chi connectivity index (χ3v) is 7.61.